The second-order valence-electron chi connectivity index (χ2n) is 4.77. The Morgan fingerprint density at radius 2 is 2.00 bits per heavy atom. The number of nitrogens with zero attached hydrogens (tertiary/aromatic N) is 3. The third-order valence-electron chi connectivity index (χ3n) is 3.50. The number of nitrogens with two attached hydrogens (primary N) is 1. The van der Waals surface area contributed by atoms with Crippen molar-refractivity contribution >= 4 is 5.95 Å². The van der Waals surface area contributed by atoms with Gasteiger partial charge < -0.3 is 11.1 Å². The van der Waals surface area contributed by atoms with E-state index in [1.54, 1.807) is 12.4 Å². The lowest BCUT2D eigenvalue weighted by Crippen LogP contribution is -2.27. The molecule has 1 aliphatic heterocycles. The van der Waals surface area contributed by atoms with E-state index >= 15 is 0 Å². The van der Waals surface area contributed by atoms with Crippen LogP contribution in [0.1, 0.15) is 24.5 Å². The van der Waals surface area contributed by atoms with Crippen LogP contribution in [-0.4, -0.2) is 28.0 Å². The number of anilines is 1. The molecule has 5 heteroatoms. The molecule has 5 nitrogen and oxygen atoms in total. The van der Waals surface area contributed by atoms with Gasteiger partial charge in [0.2, 0.25) is 5.95 Å². The summed E-state index contributed by atoms with van der Waals surface area (Å²) in [5.74, 6) is 0.775. The van der Waals surface area contributed by atoms with Crippen molar-refractivity contribution in [3.8, 4) is 11.3 Å². The SMILES string of the molecule is Nc1ncc(-c2ccccn2)c(C2CCNCC2)n1. The highest BCUT2D eigenvalue weighted by Crippen LogP contribution is 2.31. The van der Waals surface area contributed by atoms with Crippen molar-refractivity contribution in [2.75, 3.05) is 18.8 Å². The monoisotopic (exact) mass is 255 g/mol. The lowest BCUT2D eigenvalue weighted by Gasteiger charge is -2.23. The summed E-state index contributed by atoms with van der Waals surface area (Å²) in [6, 6.07) is 5.87. The van der Waals surface area contributed by atoms with Crippen LogP contribution in [-0.2, 0) is 0 Å². The van der Waals surface area contributed by atoms with Crippen LogP contribution >= 0.6 is 0 Å². The van der Waals surface area contributed by atoms with E-state index in [4.69, 9.17) is 5.73 Å². The summed E-state index contributed by atoms with van der Waals surface area (Å²) >= 11 is 0. The Kier molecular flexibility index (Phi) is 3.37. The zero-order valence-electron chi connectivity index (χ0n) is 10.7. The van der Waals surface area contributed by atoms with Gasteiger partial charge in [0.05, 0.1) is 11.4 Å². The summed E-state index contributed by atoms with van der Waals surface area (Å²) < 4.78 is 0. The van der Waals surface area contributed by atoms with E-state index in [-0.39, 0.29) is 0 Å². The predicted molar refractivity (Wildman–Crippen MR) is 74.5 cm³/mol. The first-order valence-corrected chi connectivity index (χ1v) is 6.59. The Balaban J connectivity index is 2.04. The predicted octanol–water partition coefficient (Wildman–Crippen LogP) is 1.59. The zero-order valence-corrected chi connectivity index (χ0v) is 10.7. The molecule has 0 radical (unpaired) electrons. The maximum absolute atomic E-state index is 5.75. The van der Waals surface area contributed by atoms with Gasteiger partial charge in [0, 0.05) is 23.9 Å². The fourth-order valence-corrected chi connectivity index (χ4v) is 2.54. The third-order valence-corrected chi connectivity index (χ3v) is 3.50. The Morgan fingerprint density at radius 1 is 1.16 bits per heavy atom. The fraction of sp³-hybridized carbons (Fsp3) is 0.357. The van der Waals surface area contributed by atoms with Crippen LogP contribution in [0.25, 0.3) is 11.3 Å². The molecular formula is C14H17N5. The molecule has 1 saturated heterocycles. The van der Waals surface area contributed by atoms with E-state index in [9.17, 15) is 0 Å². The molecule has 0 spiro atoms. The molecule has 98 valence electrons. The summed E-state index contributed by atoms with van der Waals surface area (Å²) in [4.78, 5) is 13.0. The molecule has 3 heterocycles. The lowest BCUT2D eigenvalue weighted by atomic mass is 9.91. The second-order valence-corrected chi connectivity index (χ2v) is 4.77. The molecule has 0 saturated carbocycles. The molecule has 2 aromatic rings. The van der Waals surface area contributed by atoms with E-state index < -0.39 is 0 Å². The highest BCUT2D eigenvalue weighted by atomic mass is 15.0. The number of hydrogen-bond donors (Lipinski definition) is 2. The van der Waals surface area contributed by atoms with Crippen LogP contribution in [0.15, 0.2) is 30.6 Å². The Bertz CT molecular complexity index is 549. The molecule has 0 amide bonds. The highest BCUT2D eigenvalue weighted by Gasteiger charge is 2.21. The minimum Gasteiger partial charge on any atom is -0.368 e. The quantitative estimate of drug-likeness (QED) is 0.852. The van der Waals surface area contributed by atoms with Crippen LogP contribution in [0, 0.1) is 0 Å². The van der Waals surface area contributed by atoms with E-state index in [1.165, 1.54) is 0 Å². The van der Waals surface area contributed by atoms with E-state index in [1.807, 2.05) is 18.2 Å². The number of rotatable bonds is 2. The first-order valence-electron chi connectivity index (χ1n) is 6.59. The number of nitrogens with one attached hydrogen (secondary N) is 1. The second kappa shape index (κ2) is 5.32. The maximum Gasteiger partial charge on any atom is 0.220 e. The van der Waals surface area contributed by atoms with E-state index in [0.717, 1.165) is 42.9 Å². The van der Waals surface area contributed by atoms with Crippen molar-refractivity contribution in [3.05, 3.63) is 36.3 Å². The van der Waals surface area contributed by atoms with Crippen molar-refractivity contribution in [1.82, 2.24) is 20.3 Å². The minimum atomic E-state index is 0.341. The van der Waals surface area contributed by atoms with Gasteiger partial charge in [-0.05, 0) is 38.1 Å². The van der Waals surface area contributed by atoms with Crippen LogP contribution in [0.3, 0.4) is 0 Å². The Labute approximate surface area is 112 Å². The Hall–Kier alpha value is -2.01. The summed E-state index contributed by atoms with van der Waals surface area (Å²) in [5.41, 5.74) is 8.70. The number of hydrogen-bond acceptors (Lipinski definition) is 5. The van der Waals surface area contributed by atoms with Crippen molar-refractivity contribution in [2.24, 2.45) is 0 Å². The number of nitrogen functional groups attached to an aromatic ring is 1. The first-order chi connectivity index (χ1) is 9.34. The highest BCUT2D eigenvalue weighted by molar-refractivity contribution is 5.62. The normalized spacial score (nSPS) is 16.4. The van der Waals surface area contributed by atoms with Crippen molar-refractivity contribution in [3.63, 3.8) is 0 Å². The van der Waals surface area contributed by atoms with Gasteiger partial charge >= 0.3 is 0 Å². The van der Waals surface area contributed by atoms with Gasteiger partial charge in [-0.15, -0.1) is 0 Å². The lowest BCUT2D eigenvalue weighted by molar-refractivity contribution is 0.454. The smallest absolute Gasteiger partial charge is 0.220 e. The van der Waals surface area contributed by atoms with E-state index in [2.05, 4.69) is 20.3 Å². The topological polar surface area (TPSA) is 76.7 Å². The van der Waals surface area contributed by atoms with Crippen LogP contribution < -0.4 is 11.1 Å². The summed E-state index contributed by atoms with van der Waals surface area (Å²) in [6.45, 7) is 2.05. The van der Waals surface area contributed by atoms with Gasteiger partial charge in [-0.2, -0.15) is 0 Å². The zero-order chi connectivity index (χ0) is 13.1. The molecule has 3 rings (SSSR count). The molecule has 0 atom stereocenters. The fourth-order valence-electron chi connectivity index (χ4n) is 2.54. The summed E-state index contributed by atoms with van der Waals surface area (Å²) in [5, 5.41) is 3.37. The number of pyridine rings is 1. The van der Waals surface area contributed by atoms with Gasteiger partial charge in [-0.3, -0.25) is 4.98 Å². The van der Waals surface area contributed by atoms with Crippen LogP contribution in [0.4, 0.5) is 5.95 Å². The first kappa shape index (κ1) is 12.0. The molecule has 0 aliphatic carbocycles. The number of aromatic nitrogens is 3. The molecule has 2 aromatic heterocycles. The third kappa shape index (κ3) is 2.56. The van der Waals surface area contributed by atoms with Gasteiger partial charge in [-0.25, -0.2) is 9.97 Å². The average Bonchev–Trinajstić information content (AvgIpc) is 2.49. The standard InChI is InChI=1S/C14H17N5/c15-14-18-9-11(12-3-1-2-6-17-12)13(19-14)10-4-7-16-8-5-10/h1-3,6,9-10,16H,4-5,7-8H2,(H2,15,18,19). The minimum absolute atomic E-state index is 0.341. The molecule has 3 N–H and O–H groups in total. The van der Waals surface area contributed by atoms with Crippen molar-refractivity contribution in [1.29, 1.82) is 0 Å². The van der Waals surface area contributed by atoms with Gasteiger partial charge in [-0.1, -0.05) is 6.07 Å². The van der Waals surface area contributed by atoms with Gasteiger partial charge in [0.15, 0.2) is 0 Å². The molecule has 1 fully saturated rings. The largest absolute Gasteiger partial charge is 0.368 e. The summed E-state index contributed by atoms with van der Waals surface area (Å²) in [6.07, 6.45) is 5.74. The molecular weight excluding hydrogens is 238 g/mol. The van der Waals surface area contributed by atoms with Gasteiger partial charge in [0.1, 0.15) is 0 Å². The molecule has 0 unspecified atom stereocenters. The van der Waals surface area contributed by atoms with Crippen molar-refractivity contribution in [2.45, 2.75) is 18.8 Å². The average molecular weight is 255 g/mol. The summed E-state index contributed by atoms with van der Waals surface area (Å²) in [7, 11) is 0. The molecule has 1 aliphatic rings. The van der Waals surface area contributed by atoms with Crippen molar-refractivity contribution < 1.29 is 0 Å². The van der Waals surface area contributed by atoms with Crippen LogP contribution in [0.2, 0.25) is 0 Å². The van der Waals surface area contributed by atoms with Gasteiger partial charge in [0.25, 0.3) is 0 Å². The van der Waals surface area contributed by atoms with Crippen LogP contribution in [0.5, 0.6) is 0 Å². The molecule has 19 heavy (non-hydrogen) atoms. The molecule has 0 aromatic carbocycles. The Morgan fingerprint density at radius 3 is 2.74 bits per heavy atom. The maximum atomic E-state index is 5.75. The van der Waals surface area contributed by atoms with E-state index in [0.29, 0.717) is 11.9 Å². The molecule has 0 bridgehead atoms. The number of piperidine rings is 1.